The van der Waals surface area contributed by atoms with Crippen molar-refractivity contribution in [1.29, 1.82) is 0 Å². The van der Waals surface area contributed by atoms with Crippen LogP contribution in [0.15, 0.2) is 53.1 Å². The van der Waals surface area contributed by atoms with Gasteiger partial charge in [-0.15, -0.1) is 0 Å². The fourth-order valence-electron chi connectivity index (χ4n) is 1.94. The maximum atomic E-state index is 11.5. The van der Waals surface area contributed by atoms with Crippen molar-refractivity contribution < 1.29 is 13.9 Å². The summed E-state index contributed by atoms with van der Waals surface area (Å²) in [5.41, 5.74) is 1.04. The third-order valence-electron chi connectivity index (χ3n) is 2.93. The fraction of sp³-hybridized carbons (Fsp3) is 0.267. The molecule has 100 valence electrons. The molecule has 0 spiro atoms. The van der Waals surface area contributed by atoms with E-state index in [2.05, 4.69) is 5.32 Å². The second-order valence-electron chi connectivity index (χ2n) is 4.27. The van der Waals surface area contributed by atoms with Crippen molar-refractivity contribution in [2.24, 2.45) is 0 Å². The highest BCUT2D eigenvalue weighted by Gasteiger charge is 2.22. The quantitative estimate of drug-likeness (QED) is 0.838. The van der Waals surface area contributed by atoms with Gasteiger partial charge >= 0.3 is 5.97 Å². The summed E-state index contributed by atoms with van der Waals surface area (Å²) in [5, 5.41) is 3.22. The lowest BCUT2D eigenvalue weighted by Crippen LogP contribution is -2.37. The van der Waals surface area contributed by atoms with E-state index in [0.717, 1.165) is 11.3 Å². The zero-order chi connectivity index (χ0) is 13.7. The molecule has 0 aliphatic rings. The van der Waals surface area contributed by atoms with Crippen molar-refractivity contribution in [3.63, 3.8) is 0 Å². The Hall–Kier alpha value is -2.07. The van der Waals surface area contributed by atoms with Crippen LogP contribution >= 0.6 is 0 Å². The Labute approximate surface area is 112 Å². The largest absolute Gasteiger partial charge is 0.468 e. The summed E-state index contributed by atoms with van der Waals surface area (Å²) in [6.07, 6.45) is 1.62. The van der Waals surface area contributed by atoms with Gasteiger partial charge in [-0.25, -0.2) is 0 Å². The molecule has 0 saturated heterocycles. The third-order valence-corrected chi connectivity index (χ3v) is 2.93. The monoisotopic (exact) mass is 259 g/mol. The molecule has 2 rings (SSSR count). The van der Waals surface area contributed by atoms with Crippen molar-refractivity contribution in [1.82, 2.24) is 5.32 Å². The number of carbonyl (C=O) groups excluding carboxylic acids is 1. The van der Waals surface area contributed by atoms with E-state index in [1.165, 1.54) is 7.11 Å². The fourth-order valence-corrected chi connectivity index (χ4v) is 1.94. The van der Waals surface area contributed by atoms with Gasteiger partial charge in [0, 0.05) is 0 Å². The Morgan fingerprint density at radius 1 is 1.21 bits per heavy atom. The summed E-state index contributed by atoms with van der Waals surface area (Å²) in [5.74, 6) is 0.467. The van der Waals surface area contributed by atoms with E-state index in [0.29, 0.717) is 0 Å². The molecule has 1 aromatic heterocycles. The Morgan fingerprint density at radius 3 is 2.53 bits per heavy atom. The van der Waals surface area contributed by atoms with Gasteiger partial charge in [-0.1, -0.05) is 30.3 Å². The number of ether oxygens (including phenoxy) is 1. The standard InChI is InChI=1S/C15H17NO3/c1-11(15(17)18-2)16-14(13-9-6-10-19-13)12-7-4-3-5-8-12/h3-11,14,16H,1-2H3/t11-,14?/m0/s1. The van der Waals surface area contributed by atoms with E-state index < -0.39 is 6.04 Å². The minimum atomic E-state index is -0.416. The van der Waals surface area contributed by atoms with Crippen LogP contribution in [-0.4, -0.2) is 19.1 Å². The van der Waals surface area contributed by atoms with Crippen LogP contribution in [0.3, 0.4) is 0 Å². The van der Waals surface area contributed by atoms with Crippen molar-refractivity contribution in [3.8, 4) is 0 Å². The molecule has 0 amide bonds. The summed E-state index contributed by atoms with van der Waals surface area (Å²) in [6, 6.07) is 13.0. The molecular formula is C15H17NO3. The van der Waals surface area contributed by atoms with Gasteiger partial charge in [0.25, 0.3) is 0 Å². The molecule has 1 aromatic carbocycles. The molecule has 0 radical (unpaired) electrons. The number of nitrogens with one attached hydrogen (secondary N) is 1. The van der Waals surface area contributed by atoms with Gasteiger partial charge in [-0.2, -0.15) is 0 Å². The predicted molar refractivity (Wildman–Crippen MR) is 71.6 cm³/mol. The molecule has 4 nitrogen and oxygen atoms in total. The van der Waals surface area contributed by atoms with Crippen LogP contribution < -0.4 is 5.32 Å². The number of benzene rings is 1. The highest BCUT2D eigenvalue weighted by molar-refractivity contribution is 5.75. The molecule has 1 heterocycles. The molecule has 0 aliphatic heterocycles. The Bertz CT molecular complexity index is 507. The number of esters is 1. The van der Waals surface area contributed by atoms with Gasteiger partial charge in [-0.3, -0.25) is 10.1 Å². The zero-order valence-electron chi connectivity index (χ0n) is 11.0. The summed E-state index contributed by atoms with van der Waals surface area (Å²) in [4.78, 5) is 11.5. The second-order valence-corrected chi connectivity index (χ2v) is 4.27. The first-order chi connectivity index (χ1) is 9.22. The molecule has 4 heteroatoms. The third kappa shape index (κ3) is 3.23. The lowest BCUT2D eigenvalue weighted by molar-refractivity contribution is -0.142. The van der Waals surface area contributed by atoms with Crippen molar-refractivity contribution in [3.05, 3.63) is 60.1 Å². The molecule has 2 atom stereocenters. The van der Waals surface area contributed by atoms with Gasteiger partial charge < -0.3 is 9.15 Å². The topological polar surface area (TPSA) is 51.5 Å². The van der Waals surface area contributed by atoms with Crippen LogP contribution in [0, 0.1) is 0 Å². The number of furan rings is 1. The maximum Gasteiger partial charge on any atom is 0.322 e. The summed E-state index contributed by atoms with van der Waals surface area (Å²) in [7, 11) is 1.38. The minimum Gasteiger partial charge on any atom is -0.468 e. The van der Waals surface area contributed by atoms with Crippen molar-refractivity contribution in [2.45, 2.75) is 19.0 Å². The first-order valence-electron chi connectivity index (χ1n) is 6.14. The second kappa shape index (κ2) is 6.20. The van der Waals surface area contributed by atoms with E-state index in [4.69, 9.17) is 9.15 Å². The molecule has 0 bridgehead atoms. The molecule has 0 aliphatic carbocycles. The average Bonchev–Trinajstić information content (AvgIpc) is 2.98. The summed E-state index contributed by atoms with van der Waals surface area (Å²) < 4.78 is 10.2. The van der Waals surface area contributed by atoms with E-state index in [9.17, 15) is 4.79 Å². The van der Waals surface area contributed by atoms with Crippen LogP contribution in [0.5, 0.6) is 0 Å². The summed E-state index contributed by atoms with van der Waals surface area (Å²) in [6.45, 7) is 1.77. The van der Waals surface area contributed by atoms with Gasteiger partial charge in [0.1, 0.15) is 11.8 Å². The van der Waals surface area contributed by atoms with Gasteiger partial charge in [0.15, 0.2) is 0 Å². The highest BCUT2D eigenvalue weighted by atomic mass is 16.5. The van der Waals surface area contributed by atoms with Crippen LogP contribution in [0.25, 0.3) is 0 Å². The number of hydrogen-bond donors (Lipinski definition) is 1. The van der Waals surface area contributed by atoms with Crippen LogP contribution in [0.2, 0.25) is 0 Å². The van der Waals surface area contributed by atoms with Gasteiger partial charge in [-0.05, 0) is 24.6 Å². The molecule has 2 aromatic rings. The minimum absolute atomic E-state index is 0.176. The Kier molecular flexibility index (Phi) is 4.36. The smallest absolute Gasteiger partial charge is 0.322 e. The lowest BCUT2D eigenvalue weighted by Gasteiger charge is -2.20. The van der Waals surface area contributed by atoms with Gasteiger partial charge in [0.05, 0.1) is 19.4 Å². The number of rotatable bonds is 5. The lowest BCUT2D eigenvalue weighted by atomic mass is 10.0. The number of carbonyl (C=O) groups is 1. The van der Waals surface area contributed by atoms with Crippen molar-refractivity contribution >= 4 is 5.97 Å². The molecule has 19 heavy (non-hydrogen) atoms. The highest BCUT2D eigenvalue weighted by Crippen LogP contribution is 2.22. The summed E-state index contributed by atoms with van der Waals surface area (Å²) >= 11 is 0. The Balaban J connectivity index is 2.24. The maximum absolute atomic E-state index is 11.5. The molecule has 1 unspecified atom stereocenters. The molecule has 0 saturated carbocycles. The SMILES string of the molecule is COC(=O)[C@H](C)NC(c1ccccc1)c1ccco1. The number of hydrogen-bond acceptors (Lipinski definition) is 4. The predicted octanol–water partition coefficient (Wildman–Crippen LogP) is 2.52. The van der Waals surface area contributed by atoms with Crippen molar-refractivity contribution in [2.75, 3.05) is 7.11 Å². The number of methoxy groups -OCH3 is 1. The van der Waals surface area contributed by atoms with Crippen LogP contribution in [0.4, 0.5) is 0 Å². The van der Waals surface area contributed by atoms with E-state index in [-0.39, 0.29) is 12.0 Å². The molecule has 0 fully saturated rings. The molecule has 1 N–H and O–H groups in total. The zero-order valence-corrected chi connectivity index (χ0v) is 11.0. The van der Waals surface area contributed by atoms with Crippen LogP contribution in [0.1, 0.15) is 24.3 Å². The van der Waals surface area contributed by atoms with E-state index >= 15 is 0 Å². The average molecular weight is 259 g/mol. The first kappa shape index (κ1) is 13.4. The van der Waals surface area contributed by atoms with Crippen LogP contribution in [-0.2, 0) is 9.53 Å². The van der Waals surface area contributed by atoms with Gasteiger partial charge in [0.2, 0.25) is 0 Å². The van der Waals surface area contributed by atoms with E-state index in [1.54, 1.807) is 13.2 Å². The normalized spacial score (nSPS) is 13.8. The Morgan fingerprint density at radius 2 is 1.95 bits per heavy atom. The van der Waals surface area contributed by atoms with E-state index in [1.807, 2.05) is 42.5 Å². The molecular weight excluding hydrogens is 242 g/mol. The first-order valence-corrected chi connectivity index (χ1v) is 6.14.